The van der Waals surface area contributed by atoms with Gasteiger partial charge in [-0.1, -0.05) is 20.3 Å². The highest BCUT2D eigenvalue weighted by Crippen LogP contribution is 2.53. The first-order valence-corrected chi connectivity index (χ1v) is 7.24. The molecular formula is C15H27NO. The van der Waals surface area contributed by atoms with E-state index in [0.717, 1.165) is 12.3 Å². The van der Waals surface area contributed by atoms with Crippen LogP contribution in [0, 0.1) is 17.3 Å². The monoisotopic (exact) mass is 237 g/mol. The zero-order valence-electron chi connectivity index (χ0n) is 11.7. The molecule has 2 fully saturated rings. The van der Waals surface area contributed by atoms with Crippen LogP contribution in [0.1, 0.15) is 52.9 Å². The van der Waals surface area contributed by atoms with Crippen LogP contribution in [0.5, 0.6) is 0 Å². The number of rotatable bonds is 4. The molecule has 0 bridgehead atoms. The summed E-state index contributed by atoms with van der Waals surface area (Å²) in [4.78, 5) is 14.1. The minimum atomic E-state index is 0.252. The van der Waals surface area contributed by atoms with Crippen molar-refractivity contribution in [2.45, 2.75) is 52.9 Å². The Morgan fingerprint density at radius 1 is 1.24 bits per heavy atom. The number of ketones is 1. The minimum Gasteiger partial charge on any atom is -0.303 e. The molecule has 98 valence electrons. The fourth-order valence-corrected chi connectivity index (χ4v) is 3.72. The molecule has 1 aliphatic heterocycles. The largest absolute Gasteiger partial charge is 0.303 e. The molecule has 0 amide bonds. The van der Waals surface area contributed by atoms with Gasteiger partial charge in [-0.2, -0.15) is 0 Å². The van der Waals surface area contributed by atoms with Crippen molar-refractivity contribution in [2.75, 3.05) is 19.6 Å². The summed E-state index contributed by atoms with van der Waals surface area (Å²) in [5.74, 6) is 1.48. The van der Waals surface area contributed by atoms with E-state index in [4.69, 9.17) is 0 Å². The van der Waals surface area contributed by atoms with E-state index in [1.807, 2.05) is 0 Å². The molecule has 1 saturated carbocycles. The first kappa shape index (κ1) is 13.1. The maximum atomic E-state index is 11.5. The van der Waals surface area contributed by atoms with Crippen molar-refractivity contribution in [3.63, 3.8) is 0 Å². The summed E-state index contributed by atoms with van der Waals surface area (Å²) in [7, 11) is 0. The molecule has 2 rings (SSSR count). The number of hydrogen-bond acceptors (Lipinski definition) is 2. The summed E-state index contributed by atoms with van der Waals surface area (Å²) in [6.45, 7) is 10.2. The summed E-state index contributed by atoms with van der Waals surface area (Å²) in [5.41, 5.74) is 0.252. The van der Waals surface area contributed by atoms with Gasteiger partial charge in [0.15, 0.2) is 0 Å². The average molecular weight is 237 g/mol. The Bertz CT molecular complexity index is 279. The van der Waals surface area contributed by atoms with Crippen molar-refractivity contribution in [1.29, 1.82) is 0 Å². The molecule has 2 unspecified atom stereocenters. The van der Waals surface area contributed by atoms with Crippen molar-refractivity contribution in [3.05, 3.63) is 0 Å². The highest BCUT2D eigenvalue weighted by molar-refractivity contribution is 5.80. The number of likely N-dealkylation sites (tertiary alicyclic amines) is 1. The molecule has 0 radical (unpaired) electrons. The molecule has 0 aromatic heterocycles. The van der Waals surface area contributed by atoms with E-state index >= 15 is 0 Å². The second kappa shape index (κ2) is 5.09. The Balaban J connectivity index is 1.75. The Labute approximate surface area is 106 Å². The van der Waals surface area contributed by atoms with Crippen LogP contribution in [0.25, 0.3) is 0 Å². The second-order valence-electron chi connectivity index (χ2n) is 6.61. The molecule has 2 atom stereocenters. The fraction of sp³-hybridized carbons (Fsp3) is 0.933. The number of hydrogen-bond donors (Lipinski definition) is 0. The van der Waals surface area contributed by atoms with E-state index in [-0.39, 0.29) is 5.41 Å². The van der Waals surface area contributed by atoms with Gasteiger partial charge in [0, 0.05) is 5.92 Å². The van der Waals surface area contributed by atoms with Gasteiger partial charge < -0.3 is 4.90 Å². The standard InChI is InChI=1S/C15H27NO/c1-12(17)14-11-13(15(14,2)3)7-10-16-8-5-4-6-9-16/h13-14H,4-11H2,1-3H3. The van der Waals surface area contributed by atoms with Crippen LogP contribution < -0.4 is 0 Å². The number of piperidine rings is 1. The average Bonchev–Trinajstić information content (AvgIpc) is 2.28. The summed E-state index contributed by atoms with van der Waals surface area (Å²) in [6, 6.07) is 0. The van der Waals surface area contributed by atoms with Gasteiger partial charge >= 0.3 is 0 Å². The first-order valence-electron chi connectivity index (χ1n) is 7.24. The lowest BCUT2D eigenvalue weighted by Crippen LogP contribution is -2.49. The molecule has 1 aliphatic carbocycles. The molecule has 2 nitrogen and oxygen atoms in total. The van der Waals surface area contributed by atoms with Crippen LogP contribution in [0.2, 0.25) is 0 Å². The number of nitrogens with zero attached hydrogens (tertiary/aromatic N) is 1. The SMILES string of the molecule is CC(=O)C1CC(CCN2CCCCC2)C1(C)C. The van der Waals surface area contributed by atoms with Crippen molar-refractivity contribution in [1.82, 2.24) is 4.90 Å². The van der Waals surface area contributed by atoms with Gasteiger partial charge in [-0.15, -0.1) is 0 Å². The van der Waals surface area contributed by atoms with E-state index in [0.29, 0.717) is 11.7 Å². The van der Waals surface area contributed by atoms with Gasteiger partial charge in [0.25, 0.3) is 0 Å². The smallest absolute Gasteiger partial charge is 0.133 e. The van der Waals surface area contributed by atoms with E-state index in [1.54, 1.807) is 6.92 Å². The minimum absolute atomic E-state index is 0.252. The fourth-order valence-electron chi connectivity index (χ4n) is 3.72. The van der Waals surface area contributed by atoms with Gasteiger partial charge in [0.1, 0.15) is 5.78 Å². The van der Waals surface area contributed by atoms with Crippen molar-refractivity contribution >= 4 is 5.78 Å². The molecule has 2 heteroatoms. The third-order valence-electron chi connectivity index (χ3n) is 5.20. The summed E-state index contributed by atoms with van der Waals surface area (Å²) < 4.78 is 0. The molecule has 2 aliphatic rings. The van der Waals surface area contributed by atoms with Gasteiger partial charge in [-0.25, -0.2) is 0 Å². The molecule has 17 heavy (non-hydrogen) atoms. The van der Waals surface area contributed by atoms with Crippen molar-refractivity contribution < 1.29 is 4.79 Å². The maximum absolute atomic E-state index is 11.5. The van der Waals surface area contributed by atoms with Gasteiger partial charge in [-0.3, -0.25) is 4.79 Å². The lowest BCUT2D eigenvalue weighted by Gasteiger charge is -2.52. The summed E-state index contributed by atoms with van der Waals surface area (Å²) in [5, 5.41) is 0. The summed E-state index contributed by atoms with van der Waals surface area (Å²) in [6.07, 6.45) is 6.60. The Morgan fingerprint density at radius 3 is 2.41 bits per heavy atom. The molecule has 1 heterocycles. The molecule has 1 saturated heterocycles. The molecule has 0 aromatic carbocycles. The van der Waals surface area contributed by atoms with Crippen LogP contribution in [-0.2, 0) is 4.79 Å². The van der Waals surface area contributed by atoms with Crippen LogP contribution in [0.3, 0.4) is 0 Å². The third kappa shape index (κ3) is 2.73. The molecular weight excluding hydrogens is 210 g/mol. The van der Waals surface area contributed by atoms with Crippen molar-refractivity contribution in [2.24, 2.45) is 17.3 Å². The maximum Gasteiger partial charge on any atom is 0.133 e. The first-order chi connectivity index (χ1) is 8.01. The van der Waals surface area contributed by atoms with Crippen LogP contribution in [0.15, 0.2) is 0 Å². The third-order valence-corrected chi connectivity index (χ3v) is 5.20. The zero-order chi connectivity index (χ0) is 12.5. The zero-order valence-corrected chi connectivity index (χ0v) is 11.7. The lowest BCUT2D eigenvalue weighted by atomic mass is 9.53. The van der Waals surface area contributed by atoms with Crippen LogP contribution in [-0.4, -0.2) is 30.3 Å². The highest BCUT2D eigenvalue weighted by Gasteiger charge is 2.49. The van der Waals surface area contributed by atoms with Gasteiger partial charge in [-0.05, 0) is 63.6 Å². The predicted molar refractivity (Wildman–Crippen MR) is 71.0 cm³/mol. The van der Waals surface area contributed by atoms with E-state index in [9.17, 15) is 4.79 Å². The Hall–Kier alpha value is -0.370. The lowest BCUT2D eigenvalue weighted by molar-refractivity contribution is -0.136. The highest BCUT2D eigenvalue weighted by atomic mass is 16.1. The van der Waals surface area contributed by atoms with E-state index in [2.05, 4.69) is 18.7 Å². The Kier molecular flexibility index (Phi) is 3.92. The van der Waals surface area contributed by atoms with E-state index < -0.39 is 0 Å². The Morgan fingerprint density at radius 2 is 1.88 bits per heavy atom. The summed E-state index contributed by atoms with van der Waals surface area (Å²) >= 11 is 0. The second-order valence-corrected chi connectivity index (χ2v) is 6.61. The normalized spacial score (nSPS) is 33.1. The molecule has 0 N–H and O–H groups in total. The van der Waals surface area contributed by atoms with Gasteiger partial charge in [0.05, 0.1) is 0 Å². The van der Waals surface area contributed by atoms with Crippen LogP contribution >= 0.6 is 0 Å². The number of carbonyl (C=O) groups is 1. The topological polar surface area (TPSA) is 20.3 Å². The van der Waals surface area contributed by atoms with Crippen molar-refractivity contribution in [3.8, 4) is 0 Å². The van der Waals surface area contributed by atoms with Crippen LogP contribution in [0.4, 0.5) is 0 Å². The van der Waals surface area contributed by atoms with Gasteiger partial charge in [0.2, 0.25) is 0 Å². The molecule has 0 spiro atoms. The number of Topliss-reactive ketones (excluding diaryl/α,β-unsaturated/α-hetero) is 1. The molecule has 0 aromatic rings. The number of carbonyl (C=O) groups excluding carboxylic acids is 1. The quantitative estimate of drug-likeness (QED) is 0.749. The van der Waals surface area contributed by atoms with E-state index in [1.165, 1.54) is 45.3 Å². The predicted octanol–water partition coefficient (Wildman–Crippen LogP) is 3.11.